The number of ether oxygens (including phenoxy) is 1. The number of aromatic nitrogens is 3. The van der Waals surface area contributed by atoms with E-state index in [1.165, 1.54) is 7.11 Å². The van der Waals surface area contributed by atoms with E-state index in [-0.39, 0.29) is 18.4 Å². The van der Waals surface area contributed by atoms with Crippen LogP contribution >= 0.6 is 0 Å². The predicted molar refractivity (Wildman–Crippen MR) is 124 cm³/mol. The fourth-order valence-electron chi connectivity index (χ4n) is 3.80. The summed E-state index contributed by atoms with van der Waals surface area (Å²) in [5.74, 6) is -0.369. The van der Waals surface area contributed by atoms with Gasteiger partial charge in [-0.25, -0.2) is 9.50 Å². The number of benzene rings is 2. The lowest BCUT2D eigenvalue weighted by Gasteiger charge is -2.12. The molecule has 2 N–H and O–H groups in total. The molecule has 0 bridgehead atoms. The zero-order valence-corrected chi connectivity index (χ0v) is 18.3. The highest BCUT2D eigenvalue weighted by molar-refractivity contribution is 5.95. The molecule has 32 heavy (non-hydrogen) atoms. The second kappa shape index (κ2) is 9.15. The minimum atomic E-state index is -0.254. The van der Waals surface area contributed by atoms with Crippen molar-refractivity contribution in [2.24, 2.45) is 0 Å². The third-order valence-corrected chi connectivity index (χ3v) is 5.33. The van der Waals surface area contributed by atoms with Crippen molar-refractivity contribution in [1.82, 2.24) is 14.6 Å². The molecule has 8 heteroatoms. The van der Waals surface area contributed by atoms with Crippen LogP contribution in [0.3, 0.4) is 0 Å². The number of hydrogen-bond acceptors (Lipinski definition) is 5. The summed E-state index contributed by atoms with van der Waals surface area (Å²) in [4.78, 5) is 29.0. The summed E-state index contributed by atoms with van der Waals surface area (Å²) in [6.07, 6.45) is 0.850. The zero-order valence-electron chi connectivity index (χ0n) is 18.3. The molecule has 0 unspecified atom stereocenters. The first kappa shape index (κ1) is 21.5. The molecule has 4 rings (SSSR count). The van der Waals surface area contributed by atoms with Gasteiger partial charge in [-0.2, -0.15) is 5.10 Å². The SMILES string of the molecule is COCC(=O)Nc1cccc(NC(=O)CCc2c(C)nc3c4ccccc4nn3c2C)c1. The Kier molecular flexibility index (Phi) is 6.13. The summed E-state index contributed by atoms with van der Waals surface area (Å²) in [5.41, 5.74) is 5.84. The Bertz CT molecular complexity index is 1310. The highest BCUT2D eigenvalue weighted by Crippen LogP contribution is 2.23. The van der Waals surface area contributed by atoms with E-state index in [0.29, 0.717) is 24.2 Å². The molecule has 0 fully saturated rings. The Balaban J connectivity index is 1.46. The molecular weight excluding hydrogens is 406 g/mol. The molecular formula is C24H25N5O3. The monoisotopic (exact) mass is 431 g/mol. The van der Waals surface area contributed by atoms with E-state index in [1.54, 1.807) is 24.3 Å². The fraction of sp³-hybridized carbons (Fsp3) is 0.250. The van der Waals surface area contributed by atoms with Crippen molar-refractivity contribution in [2.75, 3.05) is 24.4 Å². The molecule has 0 saturated carbocycles. The first-order valence-electron chi connectivity index (χ1n) is 10.4. The summed E-state index contributed by atoms with van der Waals surface area (Å²) in [6, 6.07) is 14.9. The van der Waals surface area contributed by atoms with Gasteiger partial charge in [-0.05, 0) is 56.2 Å². The number of methoxy groups -OCH3 is 1. The van der Waals surface area contributed by atoms with E-state index in [1.807, 2.05) is 42.6 Å². The minimum Gasteiger partial charge on any atom is -0.375 e. The molecule has 2 aromatic heterocycles. The van der Waals surface area contributed by atoms with E-state index >= 15 is 0 Å². The number of carbonyl (C=O) groups excluding carboxylic acids is 2. The molecule has 0 aliphatic heterocycles. The quantitative estimate of drug-likeness (QED) is 0.465. The average Bonchev–Trinajstić information content (AvgIpc) is 3.13. The van der Waals surface area contributed by atoms with E-state index in [0.717, 1.165) is 33.5 Å². The van der Waals surface area contributed by atoms with Crippen LogP contribution in [0.5, 0.6) is 0 Å². The van der Waals surface area contributed by atoms with Crippen LogP contribution in [0, 0.1) is 13.8 Å². The van der Waals surface area contributed by atoms with Gasteiger partial charge >= 0.3 is 0 Å². The Morgan fingerprint density at radius 1 is 1.00 bits per heavy atom. The summed E-state index contributed by atoms with van der Waals surface area (Å²) >= 11 is 0. The predicted octanol–water partition coefficient (Wildman–Crippen LogP) is 3.66. The van der Waals surface area contributed by atoms with Gasteiger partial charge in [0, 0.05) is 41.7 Å². The van der Waals surface area contributed by atoms with Gasteiger partial charge in [0.25, 0.3) is 0 Å². The molecule has 2 aromatic carbocycles. The third-order valence-electron chi connectivity index (χ3n) is 5.33. The van der Waals surface area contributed by atoms with Crippen molar-refractivity contribution < 1.29 is 14.3 Å². The van der Waals surface area contributed by atoms with Crippen molar-refractivity contribution in [1.29, 1.82) is 0 Å². The van der Waals surface area contributed by atoms with E-state index < -0.39 is 0 Å². The highest BCUT2D eigenvalue weighted by atomic mass is 16.5. The lowest BCUT2D eigenvalue weighted by atomic mass is 10.1. The lowest BCUT2D eigenvalue weighted by molar-refractivity contribution is -0.119. The second-order valence-corrected chi connectivity index (χ2v) is 7.62. The van der Waals surface area contributed by atoms with Gasteiger partial charge in [0.1, 0.15) is 6.61 Å². The maximum atomic E-state index is 12.6. The molecule has 164 valence electrons. The number of nitrogens with one attached hydrogen (secondary N) is 2. The van der Waals surface area contributed by atoms with Crippen molar-refractivity contribution in [2.45, 2.75) is 26.7 Å². The van der Waals surface area contributed by atoms with Crippen LogP contribution in [-0.2, 0) is 20.7 Å². The Morgan fingerprint density at radius 2 is 1.72 bits per heavy atom. The molecule has 0 saturated heterocycles. The van der Waals surface area contributed by atoms with Gasteiger partial charge in [0.05, 0.1) is 5.52 Å². The Morgan fingerprint density at radius 3 is 2.47 bits per heavy atom. The van der Waals surface area contributed by atoms with E-state index in [2.05, 4.69) is 15.7 Å². The molecule has 2 amide bonds. The van der Waals surface area contributed by atoms with Crippen LogP contribution in [0.4, 0.5) is 11.4 Å². The Labute approximate surface area is 185 Å². The van der Waals surface area contributed by atoms with Crippen LogP contribution in [-0.4, -0.2) is 40.1 Å². The molecule has 0 aliphatic rings. The van der Waals surface area contributed by atoms with E-state index in [4.69, 9.17) is 9.72 Å². The number of carbonyl (C=O) groups is 2. The second-order valence-electron chi connectivity index (χ2n) is 7.62. The van der Waals surface area contributed by atoms with E-state index in [9.17, 15) is 9.59 Å². The molecule has 0 atom stereocenters. The van der Waals surface area contributed by atoms with Gasteiger partial charge in [-0.3, -0.25) is 9.59 Å². The molecule has 0 spiro atoms. The molecule has 2 heterocycles. The normalized spacial score (nSPS) is 11.1. The number of hydrogen-bond donors (Lipinski definition) is 2. The van der Waals surface area contributed by atoms with Gasteiger partial charge in [-0.15, -0.1) is 0 Å². The van der Waals surface area contributed by atoms with Crippen molar-refractivity contribution in [3.8, 4) is 0 Å². The van der Waals surface area contributed by atoms with Crippen LogP contribution < -0.4 is 10.6 Å². The molecule has 0 radical (unpaired) electrons. The Hall–Kier alpha value is -3.78. The van der Waals surface area contributed by atoms with Crippen LogP contribution in [0.25, 0.3) is 16.6 Å². The van der Waals surface area contributed by atoms with Crippen molar-refractivity contribution >= 4 is 39.7 Å². The number of rotatable bonds is 7. The average molecular weight is 431 g/mol. The summed E-state index contributed by atoms with van der Waals surface area (Å²) in [6.45, 7) is 3.95. The fourth-order valence-corrected chi connectivity index (χ4v) is 3.80. The maximum absolute atomic E-state index is 12.6. The van der Waals surface area contributed by atoms with Crippen LogP contribution in [0.15, 0.2) is 48.5 Å². The zero-order chi connectivity index (χ0) is 22.7. The number of fused-ring (bicyclic) bond motifs is 3. The topological polar surface area (TPSA) is 97.6 Å². The standard InChI is InChI=1S/C24H25N5O3/c1-15-19(16(2)29-24(25-15)20-9-4-5-10-21(20)28-29)11-12-22(30)26-17-7-6-8-18(13-17)27-23(31)14-32-3/h4-10,13H,11-12,14H2,1-3H3,(H,26,30)(H,27,31). The van der Waals surface area contributed by atoms with Crippen molar-refractivity contribution in [3.63, 3.8) is 0 Å². The maximum Gasteiger partial charge on any atom is 0.250 e. The summed E-state index contributed by atoms with van der Waals surface area (Å²) in [7, 11) is 1.46. The number of amides is 2. The van der Waals surface area contributed by atoms with Gasteiger partial charge < -0.3 is 15.4 Å². The number of aryl methyl sites for hydroxylation is 2. The molecule has 0 aliphatic carbocycles. The smallest absolute Gasteiger partial charge is 0.250 e. The van der Waals surface area contributed by atoms with Gasteiger partial charge in [0.2, 0.25) is 11.8 Å². The number of anilines is 2. The first-order valence-corrected chi connectivity index (χ1v) is 10.4. The largest absolute Gasteiger partial charge is 0.375 e. The van der Waals surface area contributed by atoms with Gasteiger partial charge in [0.15, 0.2) is 5.65 Å². The number of nitrogens with zero attached hydrogens (tertiary/aromatic N) is 3. The minimum absolute atomic E-state index is 0.0283. The summed E-state index contributed by atoms with van der Waals surface area (Å²) < 4.78 is 6.67. The van der Waals surface area contributed by atoms with Crippen molar-refractivity contribution in [3.05, 3.63) is 65.5 Å². The lowest BCUT2D eigenvalue weighted by Crippen LogP contribution is -2.17. The van der Waals surface area contributed by atoms with Crippen LogP contribution in [0.1, 0.15) is 23.4 Å². The summed E-state index contributed by atoms with van der Waals surface area (Å²) in [5, 5.41) is 11.3. The molecule has 4 aromatic rings. The first-order chi connectivity index (χ1) is 15.5. The van der Waals surface area contributed by atoms with Gasteiger partial charge in [-0.1, -0.05) is 18.2 Å². The van der Waals surface area contributed by atoms with Crippen LogP contribution in [0.2, 0.25) is 0 Å². The third kappa shape index (κ3) is 4.45. The highest BCUT2D eigenvalue weighted by Gasteiger charge is 2.15. The molecule has 8 nitrogen and oxygen atoms in total.